The van der Waals surface area contributed by atoms with Gasteiger partial charge in [-0.2, -0.15) is 0 Å². The van der Waals surface area contributed by atoms with Crippen molar-refractivity contribution in [2.75, 3.05) is 13.2 Å². The molecular weight excluding hydrogens is 499 g/mol. The number of phenols is 1. The van der Waals surface area contributed by atoms with Crippen molar-refractivity contribution in [3.8, 4) is 5.75 Å². The highest BCUT2D eigenvalue weighted by Gasteiger charge is 2.54. The van der Waals surface area contributed by atoms with E-state index in [0.717, 1.165) is 17.6 Å². The van der Waals surface area contributed by atoms with Crippen LogP contribution in [-0.2, 0) is 9.59 Å². The van der Waals surface area contributed by atoms with Crippen LogP contribution in [0.5, 0.6) is 5.75 Å². The first kappa shape index (κ1) is 28.6. The Hall–Kier alpha value is -3.36. The average molecular weight is 537 g/mol. The Labute approximate surface area is 228 Å². The molecule has 1 aromatic heterocycles. The molecule has 1 saturated heterocycles. The Kier molecular flexibility index (Phi) is 9.30. The molecule has 4 rings (SSSR count). The van der Waals surface area contributed by atoms with Crippen LogP contribution < -0.4 is 0 Å². The van der Waals surface area contributed by atoms with Gasteiger partial charge in [0.1, 0.15) is 0 Å². The van der Waals surface area contributed by atoms with Crippen LogP contribution in [0.15, 0.2) is 53.7 Å². The van der Waals surface area contributed by atoms with Crippen molar-refractivity contribution in [1.82, 2.24) is 9.88 Å². The van der Waals surface area contributed by atoms with Gasteiger partial charge in [-0.1, -0.05) is 38.0 Å². The number of likely N-dealkylation sites (tertiary alicyclic amines) is 1. The number of aliphatic hydroxyl groups is 2. The largest absolute Gasteiger partial charge is 0.505 e. The Morgan fingerprint density at radius 3 is 2.62 bits per heavy atom. The molecule has 1 aliphatic carbocycles. The number of allylic oxidation sites excluding steroid dienone is 2. The van der Waals surface area contributed by atoms with Crippen molar-refractivity contribution < 1.29 is 29.3 Å². The van der Waals surface area contributed by atoms with Crippen molar-refractivity contribution >= 4 is 23.5 Å². The second-order valence-corrected chi connectivity index (χ2v) is 10.4. The van der Waals surface area contributed by atoms with Gasteiger partial charge in [0, 0.05) is 18.7 Å². The summed E-state index contributed by atoms with van der Waals surface area (Å²) in [5.41, 5.74) is 3.62. The molecule has 3 N–H and O–H groups in total. The molecular formula is C31H37FN2O5. The maximum absolute atomic E-state index is 14.0. The third kappa shape index (κ3) is 5.97. The summed E-state index contributed by atoms with van der Waals surface area (Å²) < 4.78 is 14.0. The molecule has 1 aromatic carbocycles. The lowest BCUT2D eigenvalue weighted by atomic mass is 9.67. The highest BCUT2D eigenvalue weighted by Crippen LogP contribution is 2.47. The van der Waals surface area contributed by atoms with Gasteiger partial charge in [0.2, 0.25) is 11.8 Å². The van der Waals surface area contributed by atoms with Crippen molar-refractivity contribution in [1.29, 1.82) is 0 Å². The predicted octanol–water partition coefficient (Wildman–Crippen LogP) is 4.73. The molecule has 0 saturated carbocycles. The number of halogens is 1. The molecule has 2 heterocycles. The number of hydrogen-bond donors (Lipinski definition) is 3. The van der Waals surface area contributed by atoms with E-state index in [1.54, 1.807) is 24.4 Å². The minimum absolute atomic E-state index is 0.172. The van der Waals surface area contributed by atoms with Gasteiger partial charge < -0.3 is 15.3 Å². The number of aromatic hydroxyl groups is 1. The van der Waals surface area contributed by atoms with Gasteiger partial charge in [-0.05, 0) is 79.2 Å². The second-order valence-electron chi connectivity index (χ2n) is 10.4. The molecule has 2 aromatic rings. The normalized spacial score (nSPS) is 22.4. The lowest BCUT2D eigenvalue weighted by molar-refractivity contribution is -0.140. The number of hydrogen-bond acceptors (Lipinski definition) is 6. The zero-order chi connectivity index (χ0) is 28.1. The summed E-state index contributed by atoms with van der Waals surface area (Å²) in [6.45, 7) is 3.98. The molecule has 39 heavy (non-hydrogen) atoms. The van der Waals surface area contributed by atoms with Crippen LogP contribution in [0.4, 0.5) is 4.39 Å². The van der Waals surface area contributed by atoms with Crippen LogP contribution in [0.3, 0.4) is 0 Å². The first-order valence-electron chi connectivity index (χ1n) is 13.8. The molecule has 208 valence electrons. The molecule has 0 radical (unpaired) electrons. The number of nitrogens with zero attached hydrogens (tertiary/aromatic N) is 2. The fourth-order valence-corrected chi connectivity index (χ4v) is 6.10. The van der Waals surface area contributed by atoms with Crippen LogP contribution in [0, 0.1) is 23.6 Å². The van der Waals surface area contributed by atoms with Crippen LogP contribution in [0.25, 0.3) is 11.6 Å². The smallest absolute Gasteiger partial charge is 0.233 e. The van der Waals surface area contributed by atoms with E-state index >= 15 is 0 Å². The molecule has 1 aliphatic heterocycles. The van der Waals surface area contributed by atoms with E-state index < -0.39 is 35.4 Å². The van der Waals surface area contributed by atoms with Crippen LogP contribution in [0.1, 0.15) is 63.6 Å². The average Bonchev–Trinajstić information content (AvgIpc) is 3.17. The predicted molar refractivity (Wildman–Crippen MR) is 147 cm³/mol. The fraction of sp³-hybridized carbons (Fsp3) is 0.452. The molecule has 0 bridgehead atoms. The molecule has 7 nitrogen and oxygen atoms in total. The monoisotopic (exact) mass is 536 g/mol. The highest BCUT2D eigenvalue weighted by atomic mass is 19.1. The standard InChI is InChI=1S/C31H37FN2O5/c1-3-7-21-17-22-29(31(39)34(14-4-2)30(22)38)23(18-35)28(21)27(37)12-10-20(25-8-5-6-13-33-25)15-19-9-11-26(36)24(32)16-19/h5-6,8-9,11,13,15-16,22-23,27,29,35-37H,3-4,7,10,12,14,17-18H2,1-2H3/b20-15-/t22-,23+,27-,29-/m1/s1. The summed E-state index contributed by atoms with van der Waals surface area (Å²) in [6, 6.07) is 9.62. The van der Waals surface area contributed by atoms with Crippen LogP contribution in [0.2, 0.25) is 0 Å². The van der Waals surface area contributed by atoms with Gasteiger partial charge in [0.15, 0.2) is 11.6 Å². The van der Waals surface area contributed by atoms with Crippen molar-refractivity contribution in [2.24, 2.45) is 17.8 Å². The first-order valence-corrected chi connectivity index (χ1v) is 13.8. The number of carbonyl (C=O) groups is 2. The summed E-state index contributed by atoms with van der Waals surface area (Å²) in [7, 11) is 0. The number of imide groups is 1. The number of phenolic OH excluding ortho intramolecular Hbond substituents is 1. The van der Waals surface area contributed by atoms with Gasteiger partial charge in [-0.25, -0.2) is 4.39 Å². The maximum Gasteiger partial charge on any atom is 0.233 e. The zero-order valence-corrected chi connectivity index (χ0v) is 22.5. The second kappa shape index (κ2) is 12.7. The lowest BCUT2D eigenvalue weighted by Gasteiger charge is -2.36. The van der Waals surface area contributed by atoms with Crippen LogP contribution >= 0.6 is 0 Å². The van der Waals surface area contributed by atoms with E-state index in [4.69, 9.17) is 0 Å². The minimum Gasteiger partial charge on any atom is -0.505 e. The van der Waals surface area contributed by atoms with Gasteiger partial charge >= 0.3 is 0 Å². The highest BCUT2D eigenvalue weighted by molar-refractivity contribution is 6.05. The fourth-order valence-electron chi connectivity index (χ4n) is 6.10. The quantitative estimate of drug-likeness (QED) is 0.283. The topological polar surface area (TPSA) is 111 Å². The van der Waals surface area contributed by atoms with E-state index in [9.17, 15) is 29.3 Å². The Morgan fingerprint density at radius 1 is 1.18 bits per heavy atom. The summed E-state index contributed by atoms with van der Waals surface area (Å²) >= 11 is 0. The number of carbonyl (C=O) groups excluding carboxylic acids is 2. The summed E-state index contributed by atoms with van der Waals surface area (Å²) in [4.78, 5) is 32.1. The van der Waals surface area contributed by atoms with Crippen molar-refractivity contribution in [2.45, 2.75) is 58.5 Å². The summed E-state index contributed by atoms with van der Waals surface area (Å²) in [5, 5.41) is 31.6. The van der Waals surface area contributed by atoms with E-state index in [2.05, 4.69) is 4.98 Å². The SMILES string of the molecule is CCCC1=C([C@H](O)CC/C(=C/c2ccc(O)c(F)c2)c2ccccn2)[C@H](CO)[C@@H]2C(=O)N(CCC)C(=O)[C@@H]2C1. The van der Waals surface area contributed by atoms with Gasteiger partial charge in [-0.3, -0.25) is 19.5 Å². The third-order valence-electron chi connectivity index (χ3n) is 7.82. The number of benzene rings is 1. The van der Waals surface area contributed by atoms with Crippen molar-refractivity contribution in [3.63, 3.8) is 0 Å². The third-order valence-corrected chi connectivity index (χ3v) is 7.82. The molecule has 2 aliphatic rings. The van der Waals surface area contributed by atoms with Crippen molar-refractivity contribution in [3.05, 3.63) is 70.8 Å². The number of pyridine rings is 1. The molecule has 1 fully saturated rings. The first-order chi connectivity index (χ1) is 18.8. The Bertz CT molecular complexity index is 1260. The number of fused-ring (bicyclic) bond motifs is 1. The number of rotatable bonds is 11. The Balaban J connectivity index is 1.64. The van der Waals surface area contributed by atoms with E-state index in [0.29, 0.717) is 55.5 Å². The van der Waals surface area contributed by atoms with E-state index in [1.165, 1.54) is 17.0 Å². The molecule has 8 heteroatoms. The number of amides is 2. The molecule has 2 amide bonds. The minimum atomic E-state index is -0.934. The lowest BCUT2D eigenvalue weighted by Crippen LogP contribution is -2.39. The van der Waals surface area contributed by atoms with Gasteiger partial charge in [0.25, 0.3) is 0 Å². The van der Waals surface area contributed by atoms with E-state index in [-0.39, 0.29) is 18.4 Å². The number of aliphatic hydroxyl groups excluding tert-OH is 2. The van der Waals surface area contributed by atoms with Gasteiger partial charge in [-0.15, -0.1) is 0 Å². The van der Waals surface area contributed by atoms with Gasteiger partial charge in [0.05, 0.1) is 30.2 Å². The van der Waals surface area contributed by atoms with E-state index in [1.807, 2.05) is 26.0 Å². The molecule has 0 spiro atoms. The molecule has 0 unspecified atom stereocenters. The maximum atomic E-state index is 14.0. The van der Waals surface area contributed by atoms with Crippen LogP contribution in [-0.4, -0.2) is 56.3 Å². The number of aromatic nitrogens is 1. The summed E-state index contributed by atoms with van der Waals surface area (Å²) in [5.74, 6) is -3.36. The molecule has 4 atom stereocenters. The summed E-state index contributed by atoms with van der Waals surface area (Å²) in [6.07, 6.45) is 5.76. The Morgan fingerprint density at radius 2 is 1.97 bits per heavy atom. The zero-order valence-electron chi connectivity index (χ0n) is 22.5.